The molecule has 2 aromatic carbocycles. The summed E-state index contributed by atoms with van der Waals surface area (Å²) in [7, 11) is 0. The number of carbonyl (C=O) groups excluding carboxylic acids is 2. The highest BCUT2D eigenvalue weighted by atomic mass is 19.1. The van der Waals surface area contributed by atoms with E-state index in [1.807, 2.05) is 30.3 Å². The number of hydrogen-bond donors (Lipinski definition) is 1. The Balaban J connectivity index is 1.89. The third-order valence-corrected chi connectivity index (χ3v) is 3.88. The summed E-state index contributed by atoms with van der Waals surface area (Å²) in [6.45, 7) is 1.84. The summed E-state index contributed by atoms with van der Waals surface area (Å²) in [5, 5.41) is 2.70. The van der Waals surface area contributed by atoms with Crippen LogP contribution in [0.1, 0.15) is 18.1 Å². The second kappa shape index (κ2) is 5.26. The van der Waals surface area contributed by atoms with Crippen LogP contribution in [0.3, 0.4) is 0 Å². The number of rotatable bonds is 3. The Kier molecular flexibility index (Phi) is 3.41. The average molecular weight is 298 g/mol. The van der Waals surface area contributed by atoms with Gasteiger partial charge in [0.25, 0.3) is 5.91 Å². The van der Waals surface area contributed by atoms with Crippen molar-refractivity contribution in [2.75, 3.05) is 0 Å². The molecule has 0 unspecified atom stereocenters. The molecule has 1 heterocycles. The molecule has 2 aromatic rings. The summed E-state index contributed by atoms with van der Waals surface area (Å²) in [5.74, 6) is -0.724. The number of nitrogens with one attached hydrogen (secondary N) is 1. The van der Waals surface area contributed by atoms with Gasteiger partial charge in [-0.25, -0.2) is 9.18 Å². The van der Waals surface area contributed by atoms with E-state index >= 15 is 0 Å². The van der Waals surface area contributed by atoms with Crippen LogP contribution in [0.4, 0.5) is 9.18 Å². The van der Waals surface area contributed by atoms with Gasteiger partial charge in [0.1, 0.15) is 11.4 Å². The lowest BCUT2D eigenvalue weighted by molar-refractivity contribution is -0.131. The lowest BCUT2D eigenvalue weighted by atomic mass is 9.92. The minimum Gasteiger partial charge on any atom is -0.319 e. The first-order valence-electron chi connectivity index (χ1n) is 6.95. The van der Waals surface area contributed by atoms with Gasteiger partial charge in [-0.3, -0.25) is 9.69 Å². The van der Waals surface area contributed by atoms with Crippen molar-refractivity contribution in [1.82, 2.24) is 10.2 Å². The van der Waals surface area contributed by atoms with Crippen LogP contribution in [0.15, 0.2) is 54.6 Å². The van der Waals surface area contributed by atoms with E-state index in [9.17, 15) is 14.0 Å². The molecule has 22 heavy (non-hydrogen) atoms. The lowest BCUT2D eigenvalue weighted by Gasteiger charge is -2.22. The van der Waals surface area contributed by atoms with Crippen molar-refractivity contribution in [2.45, 2.75) is 19.0 Å². The third-order valence-electron chi connectivity index (χ3n) is 3.88. The Bertz CT molecular complexity index is 715. The van der Waals surface area contributed by atoms with Gasteiger partial charge in [-0.05, 0) is 30.2 Å². The molecule has 4 nitrogen and oxygen atoms in total. The fourth-order valence-corrected chi connectivity index (χ4v) is 2.59. The molecule has 1 N–H and O–H groups in total. The van der Waals surface area contributed by atoms with Crippen molar-refractivity contribution < 1.29 is 14.0 Å². The van der Waals surface area contributed by atoms with Crippen molar-refractivity contribution in [2.24, 2.45) is 0 Å². The highest BCUT2D eigenvalue weighted by Crippen LogP contribution is 2.29. The predicted octanol–water partition coefficient (Wildman–Crippen LogP) is 2.79. The smallest absolute Gasteiger partial charge is 0.319 e. The second-order valence-electron chi connectivity index (χ2n) is 5.44. The molecule has 0 aliphatic carbocycles. The number of imide groups is 1. The minimum absolute atomic E-state index is 0.211. The molecule has 3 rings (SSSR count). The molecule has 1 aliphatic heterocycles. The van der Waals surface area contributed by atoms with E-state index in [0.29, 0.717) is 5.56 Å². The summed E-state index contributed by atoms with van der Waals surface area (Å²) in [5.41, 5.74) is 0.261. The predicted molar refractivity (Wildman–Crippen MR) is 79.3 cm³/mol. The Morgan fingerprint density at radius 1 is 1.05 bits per heavy atom. The fraction of sp³-hybridized carbons (Fsp3) is 0.176. The van der Waals surface area contributed by atoms with E-state index in [1.165, 1.54) is 29.2 Å². The van der Waals surface area contributed by atoms with Gasteiger partial charge >= 0.3 is 6.03 Å². The monoisotopic (exact) mass is 298 g/mol. The van der Waals surface area contributed by atoms with Gasteiger partial charge < -0.3 is 5.32 Å². The van der Waals surface area contributed by atoms with Gasteiger partial charge in [0, 0.05) is 0 Å². The number of urea groups is 1. The molecule has 3 amide bonds. The quantitative estimate of drug-likeness (QED) is 0.886. The maximum Gasteiger partial charge on any atom is 0.325 e. The zero-order valence-corrected chi connectivity index (χ0v) is 12.0. The van der Waals surface area contributed by atoms with Crippen molar-refractivity contribution in [1.29, 1.82) is 0 Å². The molecule has 5 heteroatoms. The number of carbonyl (C=O) groups is 2. The van der Waals surface area contributed by atoms with Gasteiger partial charge in [0.05, 0.1) is 6.54 Å². The molecule has 0 radical (unpaired) electrons. The molecule has 1 atom stereocenters. The number of benzene rings is 2. The SMILES string of the molecule is C[C@]1(c2ccc(F)cc2)NC(=O)N(Cc2ccccc2)C1=O. The number of halogens is 1. The third kappa shape index (κ3) is 2.35. The van der Waals surface area contributed by atoms with E-state index in [4.69, 9.17) is 0 Å². The van der Waals surface area contributed by atoms with Crippen molar-refractivity contribution in [3.05, 3.63) is 71.5 Å². The Morgan fingerprint density at radius 2 is 1.68 bits per heavy atom. The van der Waals surface area contributed by atoms with Gasteiger partial charge in [-0.2, -0.15) is 0 Å². The first kappa shape index (κ1) is 14.3. The van der Waals surface area contributed by atoms with Crippen LogP contribution >= 0.6 is 0 Å². The molecule has 112 valence electrons. The van der Waals surface area contributed by atoms with Gasteiger partial charge in [-0.15, -0.1) is 0 Å². The molecular formula is C17H15FN2O2. The number of amides is 3. The maximum absolute atomic E-state index is 13.1. The summed E-state index contributed by atoms with van der Waals surface area (Å²) in [6.07, 6.45) is 0. The molecular weight excluding hydrogens is 283 g/mol. The van der Waals surface area contributed by atoms with Gasteiger partial charge in [-0.1, -0.05) is 42.5 Å². The first-order valence-corrected chi connectivity index (χ1v) is 6.95. The van der Waals surface area contributed by atoms with E-state index in [1.54, 1.807) is 6.92 Å². The van der Waals surface area contributed by atoms with Crippen LogP contribution in [0, 0.1) is 5.82 Å². The summed E-state index contributed by atoms with van der Waals surface area (Å²) >= 11 is 0. The highest BCUT2D eigenvalue weighted by Gasteiger charge is 2.48. The van der Waals surface area contributed by atoms with E-state index in [0.717, 1.165) is 5.56 Å². The average Bonchev–Trinajstić information content (AvgIpc) is 2.73. The zero-order chi connectivity index (χ0) is 15.7. The normalized spacial score (nSPS) is 21.1. The lowest BCUT2D eigenvalue weighted by Crippen LogP contribution is -2.40. The fourth-order valence-electron chi connectivity index (χ4n) is 2.59. The molecule has 0 bridgehead atoms. The van der Waals surface area contributed by atoms with Crippen LogP contribution in [-0.2, 0) is 16.9 Å². The molecule has 0 spiro atoms. The minimum atomic E-state index is -1.17. The van der Waals surface area contributed by atoms with Crippen molar-refractivity contribution in [3.8, 4) is 0 Å². The number of nitrogens with zero attached hydrogens (tertiary/aromatic N) is 1. The maximum atomic E-state index is 13.1. The van der Waals surface area contributed by atoms with E-state index < -0.39 is 11.6 Å². The highest BCUT2D eigenvalue weighted by molar-refractivity contribution is 6.07. The largest absolute Gasteiger partial charge is 0.325 e. The van der Waals surface area contributed by atoms with Crippen molar-refractivity contribution in [3.63, 3.8) is 0 Å². The van der Waals surface area contributed by atoms with Crippen LogP contribution in [0.25, 0.3) is 0 Å². The van der Waals surface area contributed by atoms with Crippen molar-refractivity contribution >= 4 is 11.9 Å². The molecule has 1 fully saturated rings. The molecule has 0 saturated carbocycles. The Morgan fingerprint density at radius 3 is 2.32 bits per heavy atom. The molecule has 1 aliphatic rings. The topological polar surface area (TPSA) is 49.4 Å². The zero-order valence-electron chi connectivity index (χ0n) is 12.0. The van der Waals surface area contributed by atoms with E-state index in [2.05, 4.69) is 5.32 Å². The summed E-state index contributed by atoms with van der Waals surface area (Å²) in [6, 6.07) is 14.4. The summed E-state index contributed by atoms with van der Waals surface area (Å²) < 4.78 is 13.1. The van der Waals surface area contributed by atoms with Crippen LogP contribution < -0.4 is 5.32 Å². The van der Waals surface area contributed by atoms with Gasteiger partial charge in [0.2, 0.25) is 0 Å². The van der Waals surface area contributed by atoms with Crippen LogP contribution in [-0.4, -0.2) is 16.8 Å². The molecule has 1 saturated heterocycles. The van der Waals surface area contributed by atoms with Crippen LogP contribution in [0.5, 0.6) is 0 Å². The Hall–Kier alpha value is -2.69. The van der Waals surface area contributed by atoms with Gasteiger partial charge in [0.15, 0.2) is 0 Å². The Labute approximate surface area is 127 Å². The van der Waals surface area contributed by atoms with Crippen LogP contribution in [0.2, 0.25) is 0 Å². The standard InChI is InChI=1S/C17H15FN2O2/c1-17(13-7-9-14(18)10-8-13)15(21)20(16(22)19-17)11-12-5-3-2-4-6-12/h2-10H,11H2,1H3,(H,19,22)/t17-/m1/s1. The van der Waals surface area contributed by atoms with E-state index in [-0.39, 0.29) is 18.3 Å². The second-order valence-corrected chi connectivity index (χ2v) is 5.44. The first-order chi connectivity index (χ1) is 10.5. The summed E-state index contributed by atoms with van der Waals surface area (Å²) in [4.78, 5) is 26.0. The molecule has 0 aromatic heterocycles. The number of hydrogen-bond acceptors (Lipinski definition) is 2.